The lowest BCUT2D eigenvalue weighted by Crippen LogP contribution is -2.41. The highest BCUT2D eigenvalue weighted by molar-refractivity contribution is 7.87. The average molecular weight is 320 g/mol. The van der Waals surface area contributed by atoms with E-state index in [1.807, 2.05) is 0 Å². The molecule has 5 nitrogen and oxygen atoms in total. The van der Waals surface area contributed by atoms with Crippen LogP contribution in [0.3, 0.4) is 0 Å². The molecule has 126 valence electrons. The third kappa shape index (κ3) is 7.08. The molecule has 0 heterocycles. The Hall–Kier alpha value is -0.170. The molecular weight excluding hydrogens is 286 g/mol. The first kappa shape index (κ1) is 18.9. The molecule has 0 aromatic heterocycles. The topological polar surface area (TPSA) is 61.4 Å². The van der Waals surface area contributed by atoms with Crippen molar-refractivity contribution in [3.8, 4) is 0 Å². The van der Waals surface area contributed by atoms with Gasteiger partial charge in [-0.15, -0.1) is 0 Å². The van der Waals surface area contributed by atoms with Gasteiger partial charge in [-0.05, 0) is 44.2 Å². The zero-order valence-electron chi connectivity index (χ0n) is 13.9. The van der Waals surface area contributed by atoms with Gasteiger partial charge in [-0.1, -0.05) is 33.1 Å². The van der Waals surface area contributed by atoms with Crippen molar-refractivity contribution in [2.24, 2.45) is 11.8 Å². The minimum absolute atomic E-state index is 0.512. The molecule has 0 aliphatic heterocycles. The SMILES string of the molecule is CCNCCCN(C)S(=O)(=O)NCC1CCC(CC)CC1. The molecule has 2 N–H and O–H groups in total. The summed E-state index contributed by atoms with van der Waals surface area (Å²) in [6.45, 7) is 7.24. The van der Waals surface area contributed by atoms with Crippen LogP contribution >= 0.6 is 0 Å². The van der Waals surface area contributed by atoms with Crippen LogP contribution in [0.2, 0.25) is 0 Å². The molecule has 0 aromatic carbocycles. The van der Waals surface area contributed by atoms with Gasteiger partial charge in [0.2, 0.25) is 0 Å². The van der Waals surface area contributed by atoms with Gasteiger partial charge in [0.25, 0.3) is 10.2 Å². The molecule has 1 fully saturated rings. The summed E-state index contributed by atoms with van der Waals surface area (Å²) in [5.74, 6) is 1.37. The van der Waals surface area contributed by atoms with Gasteiger partial charge in [-0.2, -0.15) is 12.7 Å². The summed E-state index contributed by atoms with van der Waals surface area (Å²) in [4.78, 5) is 0. The molecule has 1 aliphatic carbocycles. The zero-order valence-corrected chi connectivity index (χ0v) is 14.7. The van der Waals surface area contributed by atoms with Crippen LogP contribution in [-0.2, 0) is 10.2 Å². The first-order valence-corrected chi connectivity index (χ1v) is 9.85. The molecule has 1 rings (SSSR count). The maximum absolute atomic E-state index is 12.2. The minimum Gasteiger partial charge on any atom is -0.317 e. The van der Waals surface area contributed by atoms with Crippen molar-refractivity contribution in [2.75, 3.05) is 33.2 Å². The van der Waals surface area contributed by atoms with E-state index in [4.69, 9.17) is 0 Å². The van der Waals surface area contributed by atoms with Crippen molar-refractivity contribution in [3.05, 3.63) is 0 Å². The molecule has 6 heteroatoms. The first-order valence-electron chi connectivity index (χ1n) is 8.41. The maximum Gasteiger partial charge on any atom is 0.279 e. The first-order chi connectivity index (χ1) is 9.99. The summed E-state index contributed by atoms with van der Waals surface area (Å²) in [5, 5.41) is 3.21. The molecule has 0 spiro atoms. The van der Waals surface area contributed by atoms with Gasteiger partial charge in [-0.3, -0.25) is 0 Å². The van der Waals surface area contributed by atoms with Gasteiger partial charge in [0.15, 0.2) is 0 Å². The molecule has 0 amide bonds. The lowest BCUT2D eigenvalue weighted by Gasteiger charge is -2.28. The average Bonchev–Trinajstić information content (AvgIpc) is 2.50. The van der Waals surface area contributed by atoms with Crippen LogP contribution < -0.4 is 10.0 Å². The molecule has 1 saturated carbocycles. The van der Waals surface area contributed by atoms with Gasteiger partial charge < -0.3 is 5.32 Å². The summed E-state index contributed by atoms with van der Waals surface area (Å²) >= 11 is 0. The fourth-order valence-electron chi connectivity index (χ4n) is 2.90. The van der Waals surface area contributed by atoms with Crippen molar-refractivity contribution in [3.63, 3.8) is 0 Å². The van der Waals surface area contributed by atoms with Gasteiger partial charge in [0, 0.05) is 20.1 Å². The van der Waals surface area contributed by atoms with Gasteiger partial charge in [-0.25, -0.2) is 4.72 Å². The molecular formula is C15H33N3O2S. The second-order valence-corrected chi connectivity index (χ2v) is 8.04. The van der Waals surface area contributed by atoms with E-state index in [9.17, 15) is 8.42 Å². The second-order valence-electron chi connectivity index (χ2n) is 6.18. The molecule has 0 aromatic rings. The summed E-state index contributed by atoms with van der Waals surface area (Å²) in [6, 6.07) is 0. The largest absolute Gasteiger partial charge is 0.317 e. The molecule has 0 atom stereocenters. The van der Waals surface area contributed by atoms with E-state index in [1.165, 1.54) is 23.6 Å². The Labute approximate surface area is 131 Å². The standard InChI is InChI=1S/C15H33N3O2S/c1-4-14-7-9-15(10-8-14)13-17-21(19,20)18(3)12-6-11-16-5-2/h14-17H,4-13H2,1-3H3. The Balaban J connectivity index is 2.25. The van der Waals surface area contributed by atoms with Crippen molar-refractivity contribution in [2.45, 2.75) is 52.4 Å². The lowest BCUT2D eigenvalue weighted by molar-refractivity contribution is 0.269. The van der Waals surface area contributed by atoms with Crippen LogP contribution in [-0.4, -0.2) is 45.9 Å². The normalized spacial score (nSPS) is 23.6. The number of rotatable bonds is 10. The highest BCUT2D eigenvalue weighted by atomic mass is 32.2. The number of nitrogens with one attached hydrogen (secondary N) is 2. The third-order valence-electron chi connectivity index (χ3n) is 4.58. The summed E-state index contributed by atoms with van der Waals surface area (Å²) in [5.41, 5.74) is 0. The molecule has 0 radical (unpaired) electrons. The van der Waals surface area contributed by atoms with Crippen molar-refractivity contribution in [1.29, 1.82) is 0 Å². The van der Waals surface area contributed by atoms with Crippen molar-refractivity contribution < 1.29 is 8.42 Å². The molecule has 1 aliphatic rings. The van der Waals surface area contributed by atoms with E-state index in [0.29, 0.717) is 19.0 Å². The maximum atomic E-state index is 12.2. The Morgan fingerprint density at radius 3 is 2.29 bits per heavy atom. The minimum atomic E-state index is -3.31. The Kier molecular flexibility index (Phi) is 8.78. The Morgan fingerprint density at radius 2 is 1.71 bits per heavy atom. The van der Waals surface area contributed by atoms with Crippen LogP contribution in [0.15, 0.2) is 0 Å². The number of hydrogen-bond acceptors (Lipinski definition) is 3. The van der Waals surface area contributed by atoms with E-state index < -0.39 is 10.2 Å². The number of nitrogens with zero attached hydrogens (tertiary/aromatic N) is 1. The Bertz CT molecular complexity index is 365. The van der Waals surface area contributed by atoms with E-state index >= 15 is 0 Å². The summed E-state index contributed by atoms with van der Waals surface area (Å²) in [7, 11) is -1.66. The van der Waals surface area contributed by atoms with Crippen molar-refractivity contribution >= 4 is 10.2 Å². The molecule has 0 bridgehead atoms. The van der Waals surface area contributed by atoms with Gasteiger partial charge >= 0.3 is 0 Å². The summed E-state index contributed by atoms with van der Waals surface area (Å²) in [6.07, 6.45) is 6.92. The van der Waals surface area contributed by atoms with E-state index in [-0.39, 0.29) is 0 Å². The predicted octanol–water partition coefficient (Wildman–Crippen LogP) is 1.97. The van der Waals surface area contributed by atoms with Crippen LogP contribution in [0.5, 0.6) is 0 Å². The van der Waals surface area contributed by atoms with Gasteiger partial charge in [0.1, 0.15) is 0 Å². The molecule has 0 unspecified atom stereocenters. The van der Waals surface area contributed by atoms with E-state index in [0.717, 1.165) is 38.3 Å². The van der Waals surface area contributed by atoms with Crippen molar-refractivity contribution in [1.82, 2.24) is 14.3 Å². The second kappa shape index (κ2) is 9.77. The van der Waals surface area contributed by atoms with Gasteiger partial charge in [0.05, 0.1) is 0 Å². The quantitative estimate of drug-likeness (QED) is 0.605. The van der Waals surface area contributed by atoms with Crippen LogP contribution in [0.1, 0.15) is 52.4 Å². The Morgan fingerprint density at radius 1 is 1.10 bits per heavy atom. The van der Waals surface area contributed by atoms with Crippen LogP contribution in [0.4, 0.5) is 0 Å². The van der Waals surface area contributed by atoms with E-state index in [1.54, 1.807) is 7.05 Å². The zero-order chi connectivity index (χ0) is 15.7. The predicted molar refractivity (Wildman–Crippen MR) is 88.5 cm³/mol. The molecule has 0 saturated heterocycles. The smallest absolute Gasteiger partial charge is 0.279 e. The highest BCUT2D eigenvalue weighted by Gasteiger charge is 2.23. The fraction of sp³-hybridized carbons (Fsp3) is 1.00. The molecule has 21 heavy (non-hydrogen) atoms. The van der Waals surface area contributed by atoms with E-state index in [2.05, 4.69) is 23.9 Å². The summed E-state index contributed by atoms with van der Waals surface area (Å²) < 4.78 is 28.5. The lowest BCUT2D eigenvalue weighted by atomic mass is 9.81. The highest BCUT2D eigenvalue weighted by Crippen LogP contribution is 2.30. The number of hydrogen-bond donors (Lipinski definition) is 2. The van der Waals surface area contributed by atoms with Crippen LogP contribution in [0.25, 0.3) is 0 Å². The fourth-order valence-corrected chi connectivity index (χ4v) is 3.94. The monoisotopic (exact) mass is 319 g/mol. The van der Waals surface area contributed by atoms with Crippen LogP contribution in [0, 0.1) is 11.8 Å². The third-order valence-corrected chi connectivity index (χ3v) is 6.12.